The van der Waals surface area contributed by atoms with Crippen LogP contribution in [-0.2, 0) is 4.79 Å². The highest BCUT2D eigenvalue weighted by atomic mass is 16.2. The number of benzene rings is 1. The van der Waals surface area contributed by atoms with Crippen LogP contribution in [0.25, 0.3) is 0 Å². The summed E-state index contributed by atoms with van der Waals surface area (Å²) in [6.07, 6.45) is 1.04. The van der Waals surface area contributed by atoms with Gasteiger partial charge in [0.15, 0.2) is 0 Å². The molecule has 0 aliphatic heterocycles. The van der Waals surface area contributed by atoms with Crippen LogP contribution in [0.3, 0.4) is 0 Å². The van der Waals surface area contributed by atoms with E-state index in [0.29, 0.717) is 18.4 Å². The number of rotatable bonds is 5. The molecular formula is C17H26N2O. The SMILES string of the molecule is CC(C)c1ccc([C@@H]2C[C@H]2NC(=O)C(C)(C)CN)cc1. The molecular weight excluding hydrogens is 248 g/mol. The molecule has 1 aliphatic carbocycles. The Morgan fingerprint density at radius 1 is 1.35 bits per heavy atom. The van der Waals surface area contributed by atoms with E-state index in [4.69, 9.17) is 5.73 Å². The van der Waals surface area contributed by atoms with Crippen molar-refractivity contribution in [1.82, 2.24) is 5.32 Å². The molecule has 1 saturated carbocycles. The molecule has 0 unspecified atom stereocenters. The second-order valence-corrected chi connectivity index (χ2v) is 6.83. The van der Waals surface area contributed by atoms with Crippen LogP contribution < -0.4 is 11.1 Å². The third-order valence-electron chi connectivity index (χ3n) is 4.26. The lowest BCUT2D eigenvalue weighted by atomic mass is 9.92. The fourth-order valence-corrected chi connectivity index (χ4v) is 2.31. The monoisotopic (exact) mass is 274 g/mol. The van der Waals surface area contributed by atoms with E-state index in [1.165, 1.54) is 11.1 Å². The van der Waals surface area contributed by atoms with Crippen molar-refractivity contribution < 1.29 is 4.79 Å². The number of hydrogen-bond acceptors (Lipinski definition) is 2. The highest BCUT2D eigenvalue weighted by molar-refractivity contribution is 5.82. The molecule has 3 nitrogen and oxygen atoms in total. The molecule has 20 heavy (non-hydrogen) atoms. The Morgan fingerprint density at radius 3 is 2.45 bits per heavy atom. The Morgan fingerprint density at radius 2 is 1.95 bits per heavy atom. The molecule has 0 spiro atoms. The van der Waals surface area contributed by atoms with Gasteiger partial charge in [-0.1, -0.05) is 38.1 Å². The molecule has 1 fully saturated rings. The number of hydrogen-bond donors (Lipinski definition) is 2. The lowest BCUT2D eigenvalue weighted by Crippen LogP contribution is -2.42. The highest BCUT2D eigenvalue weighted by Crippen LogP contribution is 2.41. The van der Waals surface area contributed by atoms with E-state index in [1.807, 2.05) is 13.8 Å². The summed E-state index contributed by atoms with van der Waals surface area (Å²) in [6.45, 7) is 8.54. The molecule has 0 saturated heterocycles. The Hall–Kier alpha value is -1.35. The van der Waals surface area contributed by atoms with Gasteiger partial charge in [-0.2, -0.15) is 0 Å². The van der Waals surface area contributed by atoms with E-state index >= 15 is 0 Å². The summed E-state index contributed by atoms with van der Waals surface area (Å²) in [4.78, 5) is 12.1. The summed E-state index contributed by atoms with van der Waals surface area (Å²) in [6, 6.07) is 9.06. The Balaban J connectivity index is 1.93. The molecule has 1 aliphatic rings. The van der Waals surface area contributed by atoms with Gasteiger partial charge < -0.3 is 11.1 Å². The van der Waals surface area contributed by atoms with Gasteiger partial charge in [0, 0.05) is 18.5 Å². The molecule has 3 heteroatoms. The molecule has 0 bridgehead atoms. The van der Waals surface area contributed by atoms with E-state index in [9.17, 15) is 4.79 Å². The average Bonchev–Trinajstić information content (AvgIpc) is 3.18. The van der Waals surface area contributed by atoms with Gasteiger partial charge in [-0.25, -0.2) is 0 Å². The van der Waals surface area contributed by atoms with Crippen LogP contribution in [0.5, 0.6) is 0 Å². The average molecular weight is 274 g/mol. The largest absolute Gasteiger partial charge is 0.352 e. The minimum atomic E-state index is -0.478. The van der Waals surface area contributed by atoms with Crippen molar-refractivity contribution in [3.05, 3.63) is 35.4 Å². The molecule has 0 heterocycles. The van der Waals surface area contributed by atoms with Gasteiger partial charge in [0.2, 0.25) is 5.91 Å². The van der Waals surface area contributed by atoms with E-state index in [2.05, 4.69) is 43.4 Å². The van der Waals surface area contributed by atoms with Gasteiger partial charge in [0.05, 0.1) is 5.41 Å². The zero-order chi connectivity index (χ0) is 14.9. The summed E-state index contributed by atoms with van der Waals surface area (Å²) in [7, 11) is 0. The van der Waals surface area contributed by atoms with Crippen LogP contribution in [0.2, 0.25) is 0 Å². The maximum atomic E-state index is 12.1. The maximum absolute atomic E-state index is 12.1. The summed E-state index contributed by atoms with van der Waals surface area (Å²) < 4.78 is 0. The molecule has 110 valence electrons. The smallest absolute Gasteiger partial charge is 0.227 e. The summed E-state index contributed by atoms with van der Waals surface area (Å²) >= 11 is 0. The summed E-state index contributed by atoms with van der Waals surface area (Å²) in [5.41, 5.74) is 7.84. The Kier molecular flexibility index (Phi) is 4.19. The molecule has 0 radical (unpaired) electrons. The fraction of sp³-hybridized carbons (Fsp3) is 0.588. The second kappa shape index (κ2) is 5.57. The third kappa shape index (κ3) is 3.21. The third-order valence-corrected chi connectivity index (χ3v) is 4.26. The van der Waals surface area contributed by atoms with Crippen molar-refractivity contribution in [2.45, 2.75) is 52.0 Å². The lowest BCUT2D eigenvalue weighted by molar-refractivity contribution is -0.129. The molecule has 2 rings (SSSR count). The van der Waals surface area contributed by atoms with Gasteiger partial charge in [0.1, 0.15) is 0 Å². The molecule has 0 aromatic heterocycles. The fourth-order valence-electron chi connectivity index (χ4n) is 2.31. The Bertz CT molecular complexity index is 476. The van der Waals surface area contributed by atoms with Gasteiger partial charge >= 0.3 is 0 Å². The van der Waals surface area contributed by atoms with Crippen molar-refractivity contribution >= 4 is 5.91 Å². The molecule has 1 aromatic rings. The van der Waals surface area contributed by atoms with Gasteiger partial charge in [-0.15, -0.1) is 0 Å². The van der Waals surface area contributed by atoms with Crippen molar-refractivity contribution in [2.24, 2.45) is 11.1 Å². The van der Waals surface area contributed by atoms with Gasteiger partial charge in [-0.05, 0) is 37.3 Å². The first-order chi connectivity index (χ1) is 9.35. The maximum Gasteiger partial charge on any atom is 0.227 e. The minimum absolute atomic E-state index is 0.0614. The first-order valence-corrected chi connectivity index (χ1v) is 7.46. The van der Waals surface area contributed by atoms with E-state index < -0.39 is 5.41 Å². The molecule has 1 amide bonds. The molecule has 3 N–H and O–H groups in total. The number of carbonyl (C=O) groups excluding carboxylic acids is 1. The van der Waals surface area contributed by atoms with Crippen LogP contribution in [0, 0.1) is 5.41 Å². The van der Waals surface area contributed by atoms with Crippen LogP contribution in [0.1, 0.15) is 57.1 Å². The Labute approximate surface area is 121 Å². The number of carbonyl (C=O) groups is 1. The van der Waals surface area contributed by atoms with Crippen LogP contribution in [0.15, 0.2) is 24.3 Å². The van der Waals surface area contributed by atoms with Gasteiger partial charge in [0.25, 0.3) is 0 Å². The standard InChI is InChI=1S/C17H26N2O/c1-11(2)12-5-7-13(8-6-12)14-9-15(14)19-16(20)17(3,4)10-18/h5-8,11,14-15H,9-10,18H2,1-4H3,(H,19,20)/t14-,15+/m0/s1. The number of nitrogens with two attached hydrogens (primary N) is 1. The van der Waals surface area contributed by atoms with Crippen molar-refractivity contribution in [3.8, 4) is 0 Å². The van der Waals surface area contributed by atoms with Gasteiger partial charge in [-0.3, -0.25) is 4.79 Å². The van der Waals surface area contributed by atoms with E-state index in [0.717, 1.165) is 6.42 Å². The predicted octanol–water partition coefficient (Wildman–Crippen LogP) is 2.77. The first kappa shape index (κ1) is 15.0. The number of nitrogens with one attached hydrogen (secondary N) is 1. The zero-order valence-corrected chi connectivity index (χ0v) is 12.9. The van der Waals surface area contributed by atoms with Crippen LogP contribution in [-0.4, -0.2) is 18.5 Å². The molecule has 1 aromatic carbocycles. The summed E-state index contributed by atoms with van der Waals surface area (Å²) in [5.74, 6) is 1.09. The quantitative estimate of drug-likeness (QED) is 0.867. The van der Waals surface area contributed by atoms with Crippen molar-refractivity contribution in [3.63, 3.8) is 0 Å². The topological polar surface area (TPSA) is 55.1 Å². The minimum Gasteiger partial charge on any atom is -0.352 e. The molecule has 2 atom stereocenters. The highest BCUT2D eigenvalue weighted by Gasteiger charge is 2.41. The zero-order valence-electron chi connectivity index (χ0n) is 12.9. The lowest BCUT2D eigenvalue weighted by Gasteiger charge is -2.21. The second-order valence-electron chi connectivity index (χ2n) is 6.83. The number of amides is 1. The van der Waals surface area contributed by atoms with E-state index in [-0.39, 0.29) is 11.9 Å². The van der Waals surface area contributed by atoms with Crippen LogP contribution >= 0.6 is 0 Å². The predicted molar refractivity (Wildman–Crippen MR) is 82.7 cm³/mol. The van der Waals surface area contributed by atoms with E-state index in [1.54, 1.807) is 0 Å². The normalized spacial score (nSPS) is 21.9. The first-order valence-electron chi connectivity index (χ1n) is 7.46. The van der Waals surface area contributed by atoms with Crippen molar-refractivity contribution in [1.29, 1.82) is 0 Å². The van der Waals surface area contributed by atoms with Crippen LogP contribution in [0.4, 0.5) is 0 Å². The summed E-state index contributed by atoms with van der Waals surface area (Å²) in [5, 5.41) is 3.11. The van der Waals surface area contributed by atoms with Crippen molar-refractivity contribution in [2.75, 3.05) is 6.54 Å².